The van der Waals surface area contributed by atoms with E-state index in [1.54, 1.807) is 0 Å². The smallest absolute Gasteiger partial charge is 0.0355 e. The summed E-state index contributed by atoms with van der Waals surface area (Å²) in [6.07, 6.45) is 9.04. The Morgan fingerprint density at radius 2 is 1.81 bits per heavy atom. The van der Waals surface area contributed by atoms with Gasteiger partial charge in [0, 0.05) is 18.1 Å². The van der Waals surface area contributed by atoms with Crippen molar-refractivity contribution in [3.05, 3.63) is 0 Å². The number of hydrogen-bond acceptors (Lipinski definition) is 2. The molecule has 0 bridgehead atoms. The first kappa shape index (κ1) is 14.0. The van der Waals surface area contributed by atoms with Crippen LogP contribution < -0.4 is 5.73 Å². The van der Waals surface area contributed by atoms with Crippen LogP contribution in [0, 0.1) is 0 Å². The fraction of sp³-hybridized carbons (Fsp3) is 1.00. The van der Waals surface area contributed by atoms with Gasteiger partial charge in [-0.15, -0.1) is 0 Å². The second-order valence-electron chi connectivity index (χ2n) is 5.25. The van der Waals surface area contributed by atoms with Crippen molar-refractivity contribution in [3.8, 4) is 0 Å². The van der Waals surface area contributed by atoms with E-state index >= 15 is 0 Å². The van der Waals surface area contributed by atoms with E-state index < -0.39 is 0 Å². The van der Waals surface area contributed by atoms with Crippen LogP contribution in [0.4, 0.5) is 0 Å². The average Bonchev–Trinajstić information content (AvgIpc) is 2.62. The summed E-state index contributed by atoms with van der Waals surface area (Å²) in [6, 6.07) is 0.397. The summed E-state index contributed by atoms with van der Waals surface area (Å²) in [6.45, 7) is 9.35. The molecule has 2 heteroatoms. The standard InChI is InChI=1S/C14H30N2/c1-4-7-8-9-11-16-12-10-13(15)14(16,5-2)6-3/h13H,4-12,15H2,1-3H3. The third-order valence-electron chi connectivity index (χ3n) is 4.54. The third kappa shape index (κ3) is 2.78. The number of unbranched alkanes of at least 4 members (excludes halogenated alkanes) is 3. The molecule has 0 radical (unpaired) electrons. The summed E-state index contributed by atoms with van der Waals surface area (Å²) in [4.78, 5) is 2.67. The highest BCUT2D eigenvalue weighted by atomic mass is 15.2. The summed E-state index contributed by atoms with van der Waals surface area (Å²) in [5.41, 5.74) is 6.63. The fourth-order valence-electron chi connectivity index (χ4n) is 3.31. The number of likely N-dealkylation sites (tertiary alicyclic amines) is 1. The van der Waals surface area contributed by atoms with Crippen LogP contribution in [-0.2, 0) is 0 Å². The quantitative estimate of drug-likeness (QED) is 0.676. The highest BCUT2D eigenvalue weighted by Gasteiger charge is 2.43. The lowest BCUT2D eigenvalue weighted by atomic mass is 9.86. The van der Waals surface area contributed by atoms with E-state index in [-0.39, 0.29) is 0 Å². The summed E-state index contributed by atoms with van der Waals surface area (Å²) >= 11 is 0. The van der Waals surface area contributed by atoms with Crippen LogP contribution in [0.15, 0.2) is 0 Å². The van der Waals surface area contributed by atoms with E-state index in [0.29, 0.717) is 11.6 Å². The molecule has 0 amide bonds. The van der Waals surface area contributed by atoms with Crippen LogP contribution in [0.1, 0.15) is 65.7 Å². The molecule has 96 valence electrons. The molecule has 2 N–H and O–H groups in total. The van der Waals surface area contributed by atoms with Crippen LogP contribution in [0.3, 0.4) is 0 Å². The SMILES string of the molecule is CCCCCCN1CCC(N)C1(CC)CC. The molecule has 1 atom stereocenters. The summed E-state index contributed by atoms with van der Waals surface area (Å²) in [5, 5.41) is 0. The normalized spacial score (nSPS) is 25.1. The van der Waals surface area contributed by atoms with Crippen molar-refractivity contribution in [3.63, 3.8) is 0 Å². The van der Waals surface area contributed by atoms with Gasteiger partial charge in [-0.3, -0.25) is 4.90 Å². The molecule has 1 aliphatic heterocycles. The lowest BCUT2D eigenvalue weighted by Gasteiger charge is -2.40. The predicted molar refractivity (Wildman–Crippen MR) is 71.6 cm³/mol. The molecule has 1 fully saturated rings. The third-order valence-corrected chi connectivity index (χ3v) is 4.54. The summed E-state index contributed by atoms with van der Waals surface area (Å²) in [5.74, 6) is 0. The molecule has 0 aromatic carbocycles. The minimum atomic E-state index is 0.312. The van der Waals surface area contributed by atoms with Crippen LogP contribution in [0.25, 0.3) is 0 Å². The minimum absolute atomic E-state index is 0.312. The Morgan fingerprint density at radius 3 is 2.38 bits per heavy atom. The number of rotatable bonds is 7. The molecule has 1 heterocycles. The molecule has 0 spiro atoms. The molecule has 1 saturated heterocycles. The van der Waals surface area contributed by atoms with Gasteiger partial charge >= 0.3 is 0 Å². The van der Waals surface area contributed by atoms with Crippen molar-refractivity contribution in [2.45, 2.75) is 77.3 Å². The van der Waals surface area contributed by atoms with Crippen molar-refractivity contribution < 1.29 is 0 Å². The van der Waals surface area contributed by atoms with Gasteiger partial charge in [0.25, 0.3) is 0 Å². The van der Waals surface area contributed by atoms with Crippen molar-refractivity contribution >= 4 is 0 Å². The maximum atomic E-state index is 6.31. The first-order valence-electron chi connectivity index (χ1n) is 7.21. The number of nitrogens with two attached hydrogens (primary N) is 1. The maximum Gasteiger partial charge on any atom is 0.0355 e. The van der Waals surface area contributed by atoms with Gasteiger partial charge in [-0.2, -0.15) is 0 Å². The molecular weight excluding hydrogens is 196 g/mol. The monoisotopic (exact) mass is 226 g/mol. The van der Waals surface area contributed by atoms with Crippen molar-refractivity contribution in [1.29, 1.82) is 0 Å². The van der Waals surface area contributed by atoms with E-state index in [4.69, 9.17) is 5.73 Å². The first-order valence-corrected chi connectivity index (χ1v) is 7.21. The van der Waals surface area contributed by atoms with E-state index in [2.05, 4.69) is 25.7 Å². The van der Waals surface area contributed by atoms with Gasteiger partial charge in [0.2, 0.25) is 0 Å². The predicted octanol–water partition coefficient (Wildman–Crippen LogP) is 3.16. The van der Waals surface area contributed by atoms with Crippen molar-refractivity contribution in [2.75, 3.05) is 13.1 Å². The van der Waals surface area contributed by atoms with Crippen LogP contribution in [0.5, 0.6) is 0 Å². The second kappa shape index (κ2) is 6.61. The number of hydrogen-bond donors (Lipinski definition) is 1. The molecule has 0 aromatic rings. The molecule has 2 nitrogen and oxygen atoms in total. The Kier molecular flexibility index (Phi) is 5.77. The van der Waals surface area contributed by atoms with E-state index in [0.717, 1.165) is 0 Å². The molecule has 0 aliphatic carbocycles. The lowest BCUT2D eigenvalue weighted by Crippen LogP contribution is -2.53. The topological polar surface area (TPSA) is 29.3 Å². The summed E-state index contributed by atoms with van der Waals surface area (Å²) < 4.78 is 0. The van der Waals surface area contributed by atoms with Crippen LogP contribution in [0.2, 0.25) is 0 Å². The Morgan fingerprint density at radius 1 is 1.12 bits per heavy atom. The minimum Gasteiger partial charge on any atom is -0.326 e. The van der Waals surface area contributed by atoms with Crippen LogP contribution >= 0.6 is 0 Å². The lowest BCUT2D eigenvalue weighted by molar-refractivity contribution is 0.112. The Balaban J connectivity index is 2.45. The average molecular weight is 226 g/mol. The highest BCUT2D eigenvalue weighted by molar-refractivity contribution is 5.02. The molecule has 16 heavy (non-hydrogen) atoms. The van der Waals surface area contributed by atoms with Gasteiger partial charge in [-0.25, -0.2) is 0 Å². The molecule has 0 saturated carbocycles. The first-order chi connectivity index (χ1) is 7.71. The van der Waals surface area contributed by atoms with Crippen LogP contribution in [-0.4, -0.2) is 29.6 Å². The summed E-state index contributed by atoms with van der Waals surface area (Å²) in [7, 11) is 0. The van der Waals surface area contributed by atoms with Gasteiger partial charge in [0.1, 0.15) is 0 Å². The Labute approximate surface area is 102 Å². The highest BCUT2D eigenvalue weighted by Crippen LogP contribution is 2.34. The van der Waals surface area contributed by atoms with Gasteiger partial charge in [0.05, 0.1) is 0 Å². The fourth-order valence-corrected chi connectivity index (χ4v) is 3.31. The van der Waals surface area contributed by atoms with Gasteiger partial charge in [0.15, 0.2) is 0 Å². The molecule has 1 rings (SSSR count). The molecule has 1 aliphatic rings. The zero-order chi connectivity index (χ0) is 12.0. The van der Waals surface area contributed by atoms with Gasteiger partial charge in [-0.05, 0) is 32.2 Å². The Bertz CT molecular complexity index is 187. The molecular formula is C14H30N2. The second-order valence-corrected chi connectivity index (χ2v) is 5.25. The van der Waals surface area contributed by atoms with Crippen molar-refractivity contribution in [2.24, 2.45) is 5.73 Å². The molecule has 0 aromatic heterocycles. The number of nitrogens with zero attached hydrogens (tertiary/aromatic N) is 1. The van der Waals surface area contributed by atoms with Gasteiger partial charge in [-0.1, -0.05) is 40.0 Å². The van der Waals surface area contributed by atoms with E-state index in [1.807, 2.05) is 0 Å². The zero-order valence-corrected chi connectivity index (χ0v) is 11.5. The Hall–Kier alpha value is -0.0800. The zero-order valence-electron chi connectivity index (χ0n) is 11.5. The largest absolute Gasteiger partial charge is 0.326 e. The van der Waals surface area contributed by atoms with Crippen molar-refractivity contribution in [1.82, 2.24) is 4.90 Å². The molecule has 1 unspecified atom stereocenters. The van der Waals surface area contributed by atoms with E-state index in [9.17, 15) is 0 Å². The maximum absolute atomic E-state index is 6.31. The van der Waals surface area contributed by atoms with E-state index in [1.165, 1.54) is 58.0 Å². The van der Waals surface area contributed by atoms with Gasteiger partial charge < -0.3 is 5.73 Å².